The molecule has 36 heavy (non-hydrogen) atoms. The molecule has 1 saturated heterocycles. The van der Waals surface area contributed by atoms with E-state index in [0.717, 1.165) is 72.8 Å². The number of rotatable bonds is 6. The highest BCUT2D eigenvalue weighted by molar-refractivity contribution is 5.80. The van der Waals surface area contributed by atoms with E-state index in [2.05, 4.69) is 21.2 Å². The highest BCUT2D eigenvalue weighted by Gasteiger charge is 2.23. The molecular formula is C27H31FN6O2. The first-order valence-electron chi connectivity index (χ1n) is 13.0. The number of amides is 1. The molecule has 5 heterocycles. The van der Waals surface area contributed by atoms with Crippen molar-refractivity contribution in [3.8, 4) is 5.75 Å². The first-order chi connectivity index (χ1) is 17.7. The molecule has 0 N–H and O–H groups in total. The molecule has 2 aromatic heterocycles. The van der Waals surface area contributed by atoms with E-state index in [1.54, 1.807) is 12.4 Å². The molecule has 0 aliphatic carbocycles. The number of likely N-dealkylation sites (tertiary alicyclic amines) is 1. The summed E-state index contributed by atoms with van der Waals surface area (Å²) < 4.78 is 22.1. The lowest BCUT2D eigenvalue weighted by atomic mass is 9.99. The summed E-state index contributed by atoms with van der Waals surface area (Å²) in [5, 5.41) is 8.54. The third-order valence-electron chi connectivity index (χ3n) is 7.65. The van der Waals surface area contributed by atoms with Crippen molar-refractivity contribution >= 4 is 17.1 Å². The molecule has 0 atom stereocenters. The van der Waals surface area contributed by atoms with Gasteiger partial charge in [0.15, 0.2) is 5.65 Å². The molecule has 3 aliphatic rings. The fourth-order valence-corrected chi connectivity index (χ4v) is 5.69. The second-order valence-corrected chi connectivity index (χ2v) is 9.85. The van der Waals surface area contributed by atoms with Gasteiger partial charge < -0.3 is 9.64 Å². The van der Waals surface area contributed by atoms with Gasteiger partial charge in [-0.05, 0) is 68.5 Å². The van der Waals surface area contributed by atoms with Crippen LogP contribution in [0, 0.1) is 5.82 Å². The fraction of sp³-hybridized carbons (Fsp3) is 0.481. The molecule has 188 valence electrons. The number of ether oxygens (including phenoxy) is 1. The van der Waals surface area contributed by atoms with Gasteiger partial charge in [0.1, 0.15) is 23.7 Å². The number of hydrogen-bond donors (Lipinski definition) is 0. The van der Waals surface area contributed by atoms with E-state index >= 15 is 0 Å². The van der Waals surface area contributed by atoms with Crippen LogP contribution < -0.4 is 4.74 Å². The lowest BCUT2D eigenvalue weighted by Gasteiger charge is -2.23. The topological polar surface area (TPSA) is 75.9 Å². The third-order valence-corrected chi connectivity index (χ3v) is 7.65. The summed E-state index contributed by atoms with van der Waals surface area (Å²) in [4.78, 5) is 21.8. The van der Waals surface area contributed by atoms with Gasteiger partial charge in [-0.15, -0.1) is 10.2 Å². The number of benzene rings is 1. The van der Waals surface area contributed by atoms with Crippen molar-refractivity contribution < 1.29 is 13.9 Å². The van der Waals surface area contributed by atoms with E-state index in [9.17, 15) is 9.18 Å². The van der Waals surface area contributed by atoms with Gasteiger partial charge in [-0.3, -0.25) is 14.1 Å². The Kier molecular flexibility index (Phi) is 6.39. The molecule has 9 heteroatoms. The van der Waals surface area contributed by atoms with Crippen LogP contribution in [0.4, 0.5) is 4.39 Å². The highest BCUT2D eigenvalue weighted by atomic mass is 19.1. The Balaban J connectivity index is 1.17. The number of nitrogens with zero attached hydrogens (tertiary/aromatic N) is 6. The van der Waals surface area contributed by atoms with Crippen LogP contribution >= 0.6 is 0 Å². The number of carbonyl (C=O) groups is 1. The second-order valence-electron chi connectivity index (χ2n) is 9.85. The standard InChI is InChI=1S/C27H31FN6O2/c28-23-6-7-24-21(10-15-36-24)20(23)5-8-25-29-16-22(27-31-30-18-34(25)27)19-4-3-13-33(14-9-19)26(35)17-32-11-1-2-12-32/h4,6-7,16,18H,1-3,5,8-15,17H2. The summed E-state index contributed by atoms with van der Waals surface area (Å²) in [7, 11) is 0. The van der Waals surface area contributed by atoms with Crippen molar-refractivity contribution in [2.75, 3.05) is 39.3 Å². The first kappa shape index (κ1) is 23.1. The van der Waals surface area contributed by atoms with Crippen LogP contribution in [0.3, 0.4) is 0 Å². The van der Waals surface area contributed by atoms with Gasteiger partial charge in [-0.1, -0.05) is 6.08 Å². The Labute approximate surface area is 209 Å². The number of hydrogen-bond acceptors (Lipinski definition) is 6. The molecule has 0 radical (unpaired) electrons. The molecular weight excluding hydrogens is 459 g/mol. The Morgan fingerprint density at radius 3 is 2.86 bits per heavy atom. The number of carbonyl (C=O) groups excluding carboxylic acids is 1. The molecule has 8 nitrogen and oxygen atoms in total. The summed E-state index contributed by atoms with van der Waals surface area (Å²) in [6.45, 7) is 4.61. The van der Waals surface area contributed by atoms with Crippen molar-refractivity contribution in [1.82, 2.24) is 29.4 Å². The molecule has 3 aliphatic heterocycles. The summed E-state index contributed by atoms with van der Waals surface area (Å²) in [5.41, 5.74) is 4.53. The van der Waals surface area contributed by atoms with Crippen molar-refractivity contribution in [2.24, 2.45) is 0 Å². The molecule has 0 spiro atoms. The number of aryl methyl sites for hydroxylation is 1. The Morgan fingerprint density at radius 2 is 1.97 bits per heavy atom. The molecule has 0 saturated carbocycles. The van der Waals surface area contributed by atoms with Gasteiger partial charge in [0, 0.05) is 43.3 Å². The predicted octanol–water partition coefficient (Wildman–Crippen LogP) is 3.09. The Bertz CT molecular complexity index is 1310. The van der Waals surface area contributed by atoms with Gasteiger partial charge in [-0.2, -0.15) is 0 Å². The average Bonchev–Trinajstić information content (AvgIpc) is 3.64. The van der Waals surface area contributed by atoms with Crippen LogP contribution in [-0.4, -0.2) is 74.6 Å². The average molecular weight is 491 g/mol. The van der Waals surface area contributed by atoms with Crippen molar-refractivity contribution in [3.05, 3.63) is 59.1 Å². The normalized spacial score (nSPS) is 18.2. The van der Waals surface area contributed by atoms with E-state index in [1.807, 2.05) is 15.5 Å². The molecule has 1 fully saturated rings. The van der Waals surface area contributed by atoms with E-state index < -0.39 is 0 Å². The summed E-state index contributed by atoms with van der Waals surface area (Å²) in [6, 6.07) is 3.20. The predicted molar refractivity (Wildman–Crippen MR) is 133 cm³/mol. The zero-order chi connectivity index (χ0) is 24.5. The minimum atomic E-state index is -0.191. The highest BCUT2D eigenvalue weighted by Crippen LogP contribution is 2.31. The monoisotopic (exact) mass is 490 g/mol. The lowest BCUT2D eigenvalue weighted by Crippen LogP contribution is -2.40. The van der Waals surface area contributed by atoms with E-state index in [4.69, 9.17) is 9.72 Å². The van der Waals surface area contributed by atoms with Crippen molar-refractivity contribution in [1.29, 1.82) is 0 Å². The van der Waals surface area contributed by atoms with E-state index in [1.165, 1.54) is 18.9 Å². The Hall–Kier alpha value is -3.33. The minimum Gasteiger partial charge on any atom is -0.493 e. The van der Waals surface area contributed by atoms with Gasteiger partial charge in [0.25, 0.3) is 0 Å². The van der Waals surface area contributed by atoms with E-state index in [0.29, 0.717) is 38.1 Å². The Morgan fingerprint density at radius 1 is 1.08 bits per heavy atom. The molecule has 1 amide bonds. The smallest absolute Gasteiger partial charge is 0.236 e. The van der Waals surface area contributed by atoms with E-state index in [-0.39, 0.29) is 11.7 Å². The van der Waals surface area contributed by atoms with Gasteiger partial charge >= 0.3 is 0 Å². The fourth-order valence-electron chi connectivity index (χ4n) is 5.69. The van der Waals surface area contributed by atoms with Crippen LogP contribution in [0.1, 0.15) is 48.2 Å². The SMILES string of the molecule is O=C(CN1CCCC1)N1CCC=C(c2cnc(CCc3c(F)ccc4c3CCO4)n3cnnc23)CC1. The lowest BCUT2D eigenvalue weighted by molar-refractivity contribution is -0.132. The van der Waals surface area contributed by atoms with Crippen LogP contribution in [-0.2, 0) is 24.1 Å². The molecule has 0 bridgehead atoms. The molecule has 0 unspecified atom stereocenters. The maximum absolute atomic E-state index is 14.6. The molecule has 1 aromatic carbocycles. The van der Waals surface area contributed by atoms with Crippen LogP contribution in [0.25, 0.3) is 11.2 Å². The third kappa shape index (κ3) is 4.48. The minimum absolute atomic E-state index is 0.191. The zero-order valence-electron chi connectivity index (χ0n) is 20.5. The quantitative estimate of drug-likeness (QED) is 0.529. The zero-order valence-corrected chi connectivity index (χ0v) is 20.5. The van der Waals surface area contributed by atoms with Gasteiger partial charge in [-0.25, -0.2) is 9.37 Å². The maximum Gasteiger partial charge on any atom is 0.236 e. The van der Waals surface area contributed by atoms with Gasteiger partial charge in [0.2, 0.25) is 5.91 Å². The maximum atomic E-state index is 14.6. The van der Waals surface area contributed by atoms with Crippen LogP contribution in [0.15, 0.2) is 30.7 Å². The second kappa shape index (κ2) is 9.97. The number of halogens is 1. The summed E-state index contributed by atoms with van der Waals surface area (Å²) in [5.74, 6) is 1.62. The van der Waals surface area contributed by atoms with Crippen LogP contribution in [0.5, 0.6) is 5.75 Å². The van der Waals surface area contributed by atoms with Gasteiger partial charge in [0.05, 0.1) is 13.2 Å². The summed E-state index contributed by atoms with van der Waals surface area (Å²) in [6.07, 6.45) is 11.5. The van der Waals surface area contributed by atoms with Crippen molar-refractivity contribution in [2.45, 2.75) is 44.9 Å². The van der Waals surface area contributed by atoms with Crippen molar-refractivity contribution in [3.63, 3.8) is 0 Å². The first-order valence-corrected chi connectivity index (χ1v) is 13.0. The van der Waals surface area contributed by atoms with Crippen LogP contribution in [0.2, 0.25) is 0 Å². The number of fused-ring (bicyclic) bond motifs is 2. The summed E-state index contributed by atoms with van der Waals surface area (Å²) >= 11 is 0. The molecule has 6 rings (SSSR count). The largest absolute Gasteiger partial charge is 0.493 e. The molecule has 3 aromatic rings. The number of aromatic nitrogens is 4.